The van der Waals surface area contributed by atoms with Crippen LogP contribution in [-0.2, 0) is 4.79 Å². The van der Waals surface area contributed by atoms with Crippen LogP contribution in [0.5, 0.6) is 0 Å². The van der Waals surface area contributed by atoms with Crippen LogP contribution in [0.25, 0.3) is 0 Å². The molecule has 2 fully saturated rings. The Balaban J connectivity index is 1.43. The van der Waals surface area contributed by atoms with E-state index < -0.39 is 0 Å². The first kappa shape index (κ1) is 16.2. The van der Waals surface area contributed by atoms with Crippen LogP contribution in [0, 0.1) is 0 Å². The zero-order chi connectivity index (χ0) is 16.1. The number of hydrogen-bond donors (Lipinski definition) is 1. The second-order valence-corrected chi connectivity index (χ2v) is 6.39. The molecule has 1 aromatic heterocycles. The van der Waals surface area contributed by atoms with Gasteiger partial charge in [-0.15, -0.1) is 0 Å². The minimum atomic E-state index is 0.288. The highest BCUT2D eigenvalue weighted by Gasteiger charge is 2.23. The van der Waals surface area contributed by atoms with Crippen LogP contribution in [0.3, 0.4) is 0 Å². The van der Waals surface area contributed by atoms with E-state index in [-0.39, 0.29) is 5.91 Å². The van der Waals surface area contributed by atoms with Gasteiger partial charge in [-0.25, -0.2) is 4.98 Å². The number of nitrogens with zero attached hydrogens (tertiary/aromatic N) is 4. The van der Waals surface area contributed by atoms with Crippen LogP contribution in [0.2, 0.25) is 0 Å². The number of rotatable bonds is 4. The van der Waals surface area contributed by atoms with Crippen molar-refractivity contribution in [2.45, 2.75) is 19.4 Å². The Hall–Kier alpha value is -1.66. The van der Waals surface area contributed by atoms with E-state index in [1.807, 2.05) is 29.3 Å². The van der Waals surface area contributed by atoms with Crippen molar-refractivity contribution in [2.24, 2.45) is 0 Å². The Labute approximate surface area is 138 Å². The first-order valence-corrected chi connectivity index (χ1v) is 8.62. The summed E-state index contributed by atoms with van der Waals surface area (Å²) in [6.07, 6.45) is 2.45. The number of nitrogens with one attached hydrogen (secondary N) is 1. The summed E-state index contributed by atoms with van der Waals surface area (Å²) in [4.78, 5) is 23.5. The third kappa shape index (κ3) is 4.20. The summed E-state index contributed by atoms with van der Waals surface area (Å²) >= 11 is 0. The number of aromatic nitrogens is 1. The van der Waals surface area contributed by atoms with Gasteiger partial charge in [-0.2, -0.15) is 0 Å². The molecule has 1 amide bonds. The van der Waals surface area contributed by atoms with E-state index in [4.69, 9.17) is 0 Å². The number of carbonyl (C=O) groups is 1. The maximum absolute atomic E-state index is 12.4. The van der Waals surface area contributed by atoms with Crippen molar-refractivity contribution in [1.82, 2.24) is 20.1 Å². The maximum atomic E-state index is 12.4. The third-order valence-corrected chi connectivity index (χ3v) is 4.86. The Morgan fingerprint density at radius 1 is 1.26 bits per heavy atom. The second-order valence-electron chi connectivity index (χ2n) is 6.39. The van der Waals surface area contributed by atoms with E-state index in [2.05, 4.69) is 27.0 Å². The maximum Gasteiger partial charge on any atom is 0.223 e. The molecule has 0 aliphatic carbocycles. The fourth-order valence-corrected chi connectivity index (χ4v) is 3.34. The van der Waals surface area contributed by atoms with E-state index in [1.54, 1.807) is 0 Å². The lowest BCUT2D eigenvalue weighted by Gasteiger charge is -2.37. The van der Waals surface area contributed by atoms with Crippen molar-refractivity contribution in [1.29, 1.82) is 0 Å². The van der Waals surface area contributed by atoms with Crippen LogP contribution in [0.4, 0.5) is 5.82 Å². The molecular weight excluding hydrogens is 290 g/mol. The van der Waals surface area contributed by atoms with E-state index in [9.17, 15) is 4.79 Å². The van der Waals surface area contributed by atoms with Crippen LogP contribution in [0.1, 0.15) is 13.3 Å². The number of carbonyl (C=O) groups excluding carboxylic acids is 1. The average molecular weight is 317 g/mol. The monoisotopic (exact) mass is 317 g/mol. The molecule has 0 spiro atoms. The standard InChI is InChI=1S/C17H27N5O/c1-15-14-18-7-9-20(15)8-5-17(23)22-12-10-21(11-13-22)16-4-2-3-6-19-16/h2-4,6,15,18H,5,7-14H2,1H3/t15-/m0/s1. The molecule has 3 heterocycles. The Morgan fingerprint density at radius 2 is 2.09 bits per heavy atom. The predicted molar refractivity (Wildman–Crippen MR) is 91.6 cm³/mol. The van der Waals surface area contributed by atoms with E-state index in [0.29, 0.717) is 12.5 Å². The fraction of sp³-hybridized carbons (Fsp3) is 0.647. The van der Waals surface area contributed by atoms with Crippen molar-refractivity contribution in [3.8, 4) is 0 Å². The molecule has 0 radical (unpaired) electrons. The van der Waals surface area contributed by atoms with Gasteiger partial charge in [0, 0.05) is 71.0 Å². The van der Waals surface area contributed by atoms with Crippen LogP contribution in [-0.4, -0.2) is 79.1 Å². The lowest BCUT2D eigenvalue weighted by atomic mass is 10.2. The predicted octanol–water partition coefficient (Wildman–Crippen LogP) is 0.414. The SMILES string of the molecule is C[C@H]1CNCCN1CCC(=O)N1CCN(c2ccccn2)CC1. The minimum Gasteiger partial charge on any atom is -0.353 e. The molecule has 6 heteroatoms. The molecule has 2 aliphatic heterocycles. The lowest BCUT2D eigenvalue weighted by molar-refractivity contribution is -0.132. The van der Waals surface area contributed by atoms with Crippen molar-refractivity contribution in [3.63, 3.8) is 0 Å². The van der Waals surface area contributed by atoms with Crippen LogP contribution in [0.15, 0.2) is 24.4 Å². The molecule has 0 bridgehead atoms. The molecule has 0 saturated carbocycles. The van der Waals surface area contributed by atoms with E-state index >= 15 is 0 Å². The van der Waals surface area contributed by atoms with Gasteiger partial charge in [0.05, 0.1) is 0 Å². The van der Waals surface area contributed by atoms with Gasteiger partial charge in [0.15, 0.2) is 0 Å². The average Bonchev–Trinajstić information content (AvgIpc) is 2.62. The summed E-state index contributed by atoms with van der Waals surface area (Å²) in [5, 5.41) is 3.39. The molecule has 126 valence electrons. The van der Waals surface area contributed by atoms with Crippen molar-refractivity contribution >= 4 is 11.7 Å². The summed E-state index contributed by atoms with van der Waals surface area (Å²) in [5.41, 5.74) is 0. The summed E-state index contributed by atoms with van der Waals surface area (Å²) in [7, 11) is 0. The Bertz CT molecular complexity index is 501. The highest BCUT2D eigenvalue weighted by molar-refractivity contribution is 5.76. The molecule has 0 unspecified atom stereocenters. The molecule has 6 nitrogen and oxygen atoms in total. The first-order chi connectivity index (χ1) is 11.2. The number of amides is 1. The molecule has 2 saturated heterocycles. The number of hydrogen-bond acceptors (Lipinski definition) is 5. The summed E-state index contributed by atoms with van der Waals surface area (Å²) < 4.78 is 0. The van der Waals surface area contributed by atoms with Gasteiger partial charge < -0.3 is 15.1 Å². The van der Waals surface area contributed by atoms with Gasteiger partial charge >= 0.3 is 0 Å². The van der Waals surface area contributed by atoms with E-state index in [0.717, 1.165) is 58.2 Å². The molecule has 1 N–H and O–H groups in total. The molecule has 3 rings (SSSR count). The van der Waals surface area contributed by atoms with Gasteiger partial charge in [0.1, 0.15) is 5.82 Å². The van der Waals surface area contributed by atoms with Crippen molar-refractivity contribution < 1.29 is 4.79 Å². The summed E-state index contributed by atoms with van der Waals surface area (Å²) in [5.74, 6) is 1.30. The second kappa shape index (κ2) is 7.75. The molecular formula is C17H27N5O. The van der Waals surface area contributed by atoms with Gasteiger partial charge in [0.25, 0.3) is 0 Å². The van der Waals surface area contributed by atoms with Gasteiger partial charge in [-0.1, -0.05) is 6.07 Å². The normalized spacial score (nSPS) is 23.1. The van der Waals surface area contributed by atoms with Gasteiger partial charge in [-0.05, 0) is 19.1 Å². The highest BCUT2D eigenvalue weighted by atomic mass is 16.2. The van der Waals surface area contributed by atoms with E-state index in [1.165, 1.54) is 0 Å². The molecule has 2 aliphatic rings. The van der Waals surface area contributed by atoms with Gasteiger partial charge in [-0.3, -0.25) is 9.69 Å². The number of pyridine rings is 1. The fourth-order valence-electron chi connectivity index (χ4n) is 3.34. The molecule has 1 atom stereocenters. The minimum absolute atomic E-state index is 0.288. The highest BCUT2D eigenvalue weighted by Crippen LogP contribution is 2.13. The largest absolute Gasteiger partial charge is 0.353 e. The Morgan fingerprint density at radius 3 is 2.78 bits per heavy atom. The molecule has 1 aromatic rings. The van der Waals surface area contributed by atoms with Crippen molar-refractivity contribution in [3.05, 3.63) is 24.4 Å². The third-order valence-electron chi connectivity index (χ3n) is 4.86. The zero-order valence-corrected chi connectivity index (χ0v) is 13.9. The van der Waals surface area contributed by atoms with Crippen LogP contribution < -0.4 is 10.2 Å². The van der Waals surface area contributed by atoms with Crippen LogP contribution >= 0.6 is 0 Å². The topological polar surface area (TPSA) is 51.7 Å². The smallest absolute Gasteiger partial charge is 0.223 e. The van der Waals surface area contributed by atoms with Crippen molar-refractivity contribution in [2.75, 3.05) is 57.3 Å². The zero-order valence-electron chi connectivity index (χ0n) is 13.9. The first-order valence-electron chi connectivity index (χ1n) is 8.62. The summed E-state index contributed by atoms with van der Waals surface area (Å²) in [6.45, 7) is 9.53. The molecule has 0 aromatic carbocycles. The molecule has 23 heavy (non-hydrogen) atoms. The number of piperazine rings is 2. The quantitative estimate of drug-likeness (QED) is 0.872. The lowest BCUT2D eigenvalue weighted by Crippen LogP contribution is -2.52. The number of anilines is 1. The summed E-state index contributed by atoms with van der Waals surface area (Å²) in [6, 6.07) is 6.50. The Kier molecular flexibility index (Phi) is 5.46. The van der Waals surface area contributed by atoms with Gasteiger partial charge in [0.2, 0.25) is 5.91 Å².